The molecule has 2 rings (SSSR count). The summed E-state index contributed by atoms with van der Waals surface area (Å²) in [6, 6.07) is 6.21. The van der Waals surface area contributed by atoms with Gasteiger partial charge in [-0.1, -0.05) is 17.7 Å². The van der Waals surface area contributed by atoms with Gasteiger partial charge < -0.3 is 13.3 Å². The summed E-state index contributed by atoms with van der Waals surface area (Å²) in [4.78, 5) is 11.5. The van der Waals surface area contributed by atoms with Crippen LogP contribution in [-0.2, 0) is 14.9 Å². The van der Waals surface area contributed by atoms with Crippen LogP contribution in [0.15, 0.2) is 33.8 Å². The fourth-order valence-electron chi connectivity index (χ4n) is 1.94. The second-order valence-corrected chi connectivity index (χ2v) is 6.31. The Bertz CT molecular complexity index is 817. The van der Waals surface area contributed by atoms with E-state index in [1.807, 2.05) is 6.92 Å². The molecular formula is C15H16O6S. The molecule has 6 nitrogen and oxygen atoms in total. The van der Waals surface area contributed by atoms with E-state index in [-0.39, 0.29) is 17.1 Å². The maximum atomic E-state index is 12.2. The average Bonchev–Trinajstić information content (AvgIpc) is 2.84. The number of aryl methyl sites for hydroxylation is 3. The summed E-state index contributed by atoms with van der Waals surface area (Å²) in [7, 11) is -2.96. The SMILES string of the molecule is COC(=O)c1cc(S(=O)(=O)Oc2ccc(C)cc2C)oc1C. The van der Waals surface area contributed by atoms with Gasteiger partial charge in [-0.3, -0.25) is 0 Å². The molecule has 0 radical (unpaired) electrons. The number of esters is 1. The van der Waals surface area contributed by atoms with E-state index in [0.29, 0.717) is 5.56 Å². The third-order valence-electron chi connectivity index (χ3n) is 3.08. The van der Waals surface area contributed by atoms with Crippen LogP contribution >= 0.6 is 0 Å². The molecule has 0 amide bonds. The van der Waals surface area contributed by atoms with Gasteiger partial charge in [-0.2, -0.15) is 8.42 Å². The van der Waals surface area contributed by atoms with Crippen LogP contribution in [0.25, 0.3) is 0 Å². The van der Waals surface area contributed by atoms with Crippen molar-refractivity contribution in [1.29, 1.82) is 0 Å². The molecule has 0 atom stereocenters. The van der Waals surface area contributed by atoms with Gasteiger partial charge in [-0.25, -0.2) is 4.79 Å². The molecule has 22 heavy (non-hydrogen) atoms. The van der Waals surface area contributed by atoms with Crippen LogP contribution in [0.1, 0.15) is 27.2 Å². The van der Waals surface area contributed by atoms with Crippen molar-refractivity contribution in [2.24, 2.45) is 0 Å². The Labute approximate surface area is 128 Å². The zero-order valence-corrected chi connectivity index (χ0v) is 13.5. The summed E-state index contributed by atoms with van der Waals surface area (Å²) in [6.07, 6.45) is 0. The van der Waals surface area contributed by atoms with Gasteiger partial charge in [0.15, 0.2) is 0 Å². The van der Waals surface area contributed by atoms with E-state index in [1.165, 1.54) is 14.0 Å². The topological polar surface area (TPSA) is 82.8 Å². The summed E-state index contributed by atoms with van der Waals surface area (Å²) in [5.41, 5.74) is 1.72. The third kappa shape index (κ3) is 3.14. The standard InChI is InChI=1S/C15H16O6S/c1-9-5-6-13(10(2)7-9)21-22(17,18)14-8-12(11(3)20-14)15(16)19-4/h5-8H,1-4H3. The molecule has 0 aliphatic rings. The first-order valence-electron chi connectivity index (χ1n) is 6.45. The summed E-state index contributed by atoms with van der Waals surface area (Å²) in [6.45, 7) is 5.11. The van der Waals surface area contributed by atoms with Gasteiger partial charge in [0.2, 0.25) is 0 Å². The van der Waals surface area contributed by atoms with Gasteiger partial charge in [0.1, 0.15) is 17.1 Å². The molecule has 7 heteroatoms. The molecule has 1 heterocycles. The normalized spacial score (nSPS) is 11.3. The van der Waals surface area contributed by atoms with Crippen molar-refractivity contribution in [3.05, 3.63) is 46.7 Å². The zero-order valence-electron chi connectivity index (χ0n) is 12.7. The molecule has 0 aliphatic carbocycles. The molecule has 118 valence electrons. The lowest BCUT2D eigenvalue weighted by atomic mass is 10.1. The molecule has 0 unspecified atom stereocenters. The highest BCUT2D eigenvalue weighted by Crippen LogP contribution is 2.26. The van der Waals surface area contributed by atoms with Gasteiger partial charge in [0, 0.05) is 6.07 Å². The Balaban J connectivity index is 2.37. The smallest absolute Gasteiger partial charge is 0.373 e. The zero-order chi connectivity index (χ0) is 16.5. The highest BCUT2D eigenvalue weighted by atomic mass is 32.2. The van der Waals surface area contributed by atoms with E-state index in [9.17, 15) is 13.2 Å². The van der Waals surface area contributed by atoms with Gasteiger partial charge in [0.05, 0.1) is 7.11 Å². The number of carbonyl (C=O) groups is 1. The maximum Gasteiger partial charge on any atom is 0.373 e. The second-order valence-electron chi connectivity index (χ2n) is 4.83. The van der Waals surface area contributed by atoms with Gasteiger partial charge in [0.25, 0.3) is 5.09 Å². The molecule has 0 N–H and O–H groups in total. The first kappa shape index (κ1) is 16.1. The number of hydrogen-bond acceptors (Lipinski definition) is 6. The molecule has 0 fully saturated rings. The summed E-state index contributed by atoms with van der Waals surface area (Å²) >= 11 is 0. The molecule has 2 aromatic rings. The van der Waals surface area contributed by atoms with Gasteiger partial charge in [-0.15, -0.1) is 0 Å². The number of hydrogen-bond donors (Lipinski definition) is 0. The highest BCUT2D eigenvalue weighted by molar-refractivity contribution is 7.87. The molecule has 0 bridgehead atoms. The number of rotatable bonds is 4. The fraction of sp³-hybridized carbons (Fsp3) is 0.267. The molecule has 1 aromatic carbocycles. The molecule has 0 spiro atoms. The lowest BCUT2D eigenvalue weighted by molar-refractivity contribution is 0.0598. The summed E-state index contributed by atoms with van der Waals surface area (Å²) in [5.74, 6) is -0.317. The molecular weight excluding hydrogens is 308 g/mol. The Hall–Kier alpha value is -2.28. The lowest BCUT2D eigenvalue weighted by Gasteiger charge is -2.08. The third-order valence-corrected chi connectivity index (χ3v) is 4.17. The Morgan fingerprint density at radius 2 is 1.82 bits per heavy atom. The lowest BCUT2D eigenvalue weighted by Crippen LogP contribution is -2.10. The number of ether oxygens (including phenoxy) is 1. The van der Waals surface area contributed by atoms with Crippen molar-refractivity contribution in [3.63, 3.8) is 0 Å². The van der Waals surface area contributed by atoms with E-state index in [0.717, 1.165) is 11.6 Å². The van der Waals surface area contributed by atoms with Crippen molar-refractivity contribution in [1.82, 2.24) is 0 Å². The average molecular weight is 324 g/mol. The molecule has 0 saturated heterocycles. The van der Waals surface area contributed by atoms with Crippen molar-refractivity contribution >= 4 is 16.1 Å². The van der Waals surface area contributed by atoms with Crippen LogP contribution in [0.4, 0.5) is 0 Å². The van der Waals surface area contributed by atoms with Crippen molar-refractivity contribution in [2.45, 2.75) is 25.9 Å². The van der Waals surface area contributed by atoms with Crippen LogP contribution in [-0.4, -0.2) is 21.5 Å². The maximum absolute atomic E-state index is 12.2. The van der Waals surface area contributed by atoms with Crippen LogP contribution in [0.3, 0.4) is 0 Å². The monoisotopic (exact) mass is 324 g/mol. The first-order chi connectivity index (χ1) is 10.2. The minimum absolute atomic E-state index is 0.0466. The minimum atomic E-state index is -4.17. The molecule has 0 saturated carbocycles. The number of benzene rings is 1. The predicted molar refractivity (Wildman–Crippen MR) is 78.5 cm³/mol. The van der Waals surface area contributed by atoms with Crippen LogP contribution in [0.5, 0.6) is 5.75 Å². The van der Waals surface area contributed by atoms with Crippen LogP contribution < -0.4 is 4.18 Å². The first-order valence-corrected chi connectivity index (χ1v) is 7.86. The van der Waals surface area contributed by atoms with Crippen molar-refractivity contribution < 1.29 is 26.5 Å². The summed E-state index contributed by atoms with van der Waals surface area (Å²) < 4.78 is 39.3. The van der Waals surface area contributed by atoms with E-state index in [2.05, 4.69) is 4.74 Å². The predicted octanol–water partition coefficient (Wildman–Crippen LogP) is 2.76. The second kappa shape index (κ2) is 5.84. The Morgan fingerprint density at radius 1 is 1.14 bits per heavy atom. The van der Waals surface area contributed by atoms with Crippen LogP contribution in [0, 0.1) is 20.8 Å². The van der Waals surface area contributed by atoms with Gasteiger partial charge in [-0.05, 0) is 32.4 Å². The quantitative estimate of drug-likeness (QED) is 0.635. The highest BCUT2D eigenvalue weighted by Gasteiger charge is 2.26. The van der Waals surface area contributed by atoms with E-state index >= 15 is 0 Å². The van der Waals surface area contributed by atoms with E-state index in [1.54, 1.807) is 25.1 Å². The Morgan fingerprint density at radius 3 is 2.41 bits per heavy atom. The fourth-order valence-corrected chi connectivity index (χ4v) is 2.94. The number of methoxy groups -OCH3 is 1. The van der Waals surface area contributed by atoms with Crippen molar-refractivity contribution in [3.8, 4) is 5.75 Å². The van der Waals surface area contributed by atoms with Gasteiger partial charge >= 0.3 is 16.1 Å². The number of furan rings is 1. The molecule has 1 aromatic heterocycles. The van der Waals surface area contributed by atoms with Crippen LogP contribution in [0.2, 0.25) is 0 Å². The Kier molecular flexibility index (Phi) is 4.27. The number of carbonyl (C=O) groups excluding carboxylic acids is 1. The molecule has 0 aliphatic heterocycles. The largest absolute Gasteiger partial charge is 0.465 e. The van der Waals surface area contributed by atoms with Crippen molar-refractivity contribution in [2.75, 3.05) is 7.11 Å². The summed E-state index contributed by atoms with van der Waals surface area (Å²) in [5, 5.41) is -0.439. The minimum Gasteiger partial charge on any atom is -0.465 e. The van der Waals surface area contributed by atoms with E-state index < -0.39 is 21.2 Å². The van der Waals surface area contributed by atoms with E-state index in [4.69, 9.17) is 8.60 Å².